The van der Waals surface area contributed by atoms with Gasteiger partial charge in [0.15, 0.2) is 0 Å². The SMILES string of the molecule is C[C@H]1[C@H](C)CCC2(C(=O)O)CC[C@]3(C)C(=CC[C@H]4[C@@]5(C)CCC(=O)C(C)(C)C5CC[C@]43C)[C@H]12. The molecule has 184 valence electrons. The van der Waals surface area contributed by atoms with E-state index in [1.165, 1.54) is 12.0 Å². The molecule has 0 saturated heterocycles. The van der Waals surface area contributed by atoms with Gasteiger partial charge in [0.05, 0.1) is 5.41 Å². The van der Waals surface area contributed by atoms with E-state index in [9.17, 15) is 14.7 Å². The molecule has 5 aliphatic carbocycles. The van der Waals surface area contributed by atoms with Gasteiger partial charge in [-0.05, 0) is 97.2 Å². The van der Waals surface area contributed by atoms with E-state index in [1.54, 1.807) is 0 Å². The smallest absolute Gasteiger partial charge is 0.310 e. The van der Waals surface area contributed by atoms with Crippen LogP contribution in [-0.2, 0) is 9.59 Å². The summed E-state index contributed by atoms with van der Waals surface area (Å²) >= 11 is 0. The van der Waals surface area contributed by atoms with Gasteiger partial charge in [-0.15, -0.1) is 0 Å². The van der Waals surface area contributed by atoms with E-state index in [0.717, 1.165) is 51.4 Å². The van der Waals surface area contributed by atoms with Crippen molar-refractivity contribution in [1.29, 1.82) is 0 Å². The number of hydrogen-bond acceptors (Lipinski definition) is 2. The minimum Gasteiger partial charge on any atom is -0.481 e. The highest BCUT2D eigenvalue weighted by Gasteiger charge is 2.69. The number of hydrogen-bond donors (Lipinski definition) is 1. The van der Waals surface area contributed by atoms with Gasteiger partial charge < -0.3 is 5.11 Å². The van der Waals surface area contributed by atoms with Crippen LogP contribution in [0.3, 0.4) is 0 Å². The second-order valence-corrected chi connectivity index (χ2v) is 14.3. The fourth-order valence-electron chi connectivity index (χ4n) is 10.7. The maximum atomic E-state index is 12.9. The largest absolute Gasteiger partial charge is 0.481 e. The number of carbonyl (C=O) groups excluding carboxylic acids is 1. The lowest BCUT2D eigenvalue weighted by atomic mass is 9.33. The van der Waals surface area contributed by atoms with E-state index in [1.807, 2.05) is 0 Å². The van der Waals surface area contributed by atoms with Gasteiger partial charge in [0.2, 0.25) is 0 Å². The van der Waals surface area contributed by atoms with Gasteiger partial charge in [0.1, 0.15) is 5.78 Å². The fraction of sp³-hybridized carbons (Fsp3) is 0.867. The molecule has 0 radical (unpaired) electrons. The Morgan fingerprint density at radius 3 is 2.30 bits per heavy atom. The highest BCUT2D eigenvalue weighted by Crippen LogP contribution is 2.75. The van der Waals surface area contributed by atoms with Gasteiger partial charge >= 0.3 is 5.97 Å². The third kappa shape index (κ3) is 2.69. The molecule has 4 saturated carbocycles. The molecular weight excluding hydrogens is 408 g/mol. The fourth-order valence-corrected chi connectivity index (χ4v) is 10.7. The molecule has 33 heavy (non-hydrogen) atoms. The number of fused-ring (bicyclic) bond motifs is 7. The number of aliphatic carboxylic acids is 1. The van der Waals surface area contributed by atoms with Crippen LogP contribution in [0.25, 0.3) is 0 Å². The Labute approximate surface area is 201 Å². The number of Topliss-reactive ketones (excluding diaryl/α,β-unsaturated/α-hetero) is 1. The molecule has 0 spiro atoms. The van der Waals surface area contributed by atoms with Crippen molar-refractivity contribution in [3.8, 4) is 0 Å². The van der Waals surface area contributed by atoms with Gasteiger partial charge in [-0.25, -0.2) is 0 Å². The molecule has 0 aromatic heterocycles. The average Bonchev–Trinajstić information content (AvgIpc) is 2.74. The van der Waals surface area contributed by atoms with Gasteiger partial charge in [0.25, 0.3) is 0 Å². The highest BCUT2D eigenvalue weighted by molar-refractivity contribution is 5.85. The first-order chi connectivity index (χ1) is 15.3. The number of rotatable bonds is 1. The van der Waals surface area contributed by atoms with E-state index in [4.69, 9.17) is 0 Å². The van der Waals surface area contributed by atoms with Crippen molar-refractivity contribution >= 4 is 11.8 Å². The topological polar surface area (TPSA) is 54.4 Å². The van der Waals surface area contributed by atoms with Crippen LogP contribution in [0.15, 0.2) is 11.6 Å². The summed E-state index contributed by atoms with van der Waals surface area (Å²) in [6, 6.07) is 0. The van der Waals surface area contributed by atoms with Crippen LogP contribution < -0.4 is 0 Å². The Hall–Kier alpha value is -1.12. The lowest BCUT2D eigenvalue weighted by Crippen LogP contribution is -2.65. The molecule has 0 heterocycles. The van der Waals surface area contributed by atoms with Crippen molar-refractivity contribution in [3.05, 3.63) is 11.6 Å². The lowest BCUT2D eigenvalue weighted by molar-refractivity contribution is -0.190. The first kappa shape index (κ1) is 23.6. The number of carboxylic acids is 1. The van der Waals surface area contributed by atoms with Crippen LogP contribution in [0.4, 0.5) is 0 Å². The van der Waals surface area contributed by atoms with Crippen molar-refractivity contribution in [2.45, 2.75) is 106 Å². The van der Waals surface area contributed by atoms with Crippen LogP contribution in [-0.4, -0.2) is 16.9 Å². The normalized spacial score (nSPS) is 53.1. The number of ketones is 1. The summed E-state index contributed by atoms with van der Waals surface area (Å²) in [5.74, 6) is 2.10. The maximum Gasteiger partial charge on any atom is 0.310 e. The van der Waals surface area contributed by atoms with E-state index in [-0.39, 0.29) is 27.6 Å². The van der Waals surface area contributed by atoms with Gasteiger partial charge in [-0.2, -0.15) is 0 Å². The van der Waals surface area contributed by atoms with Crippen LogP contribution in [0.1, 0.15) is 106 Å². The number of carbonyl (C=O) groups is 2. The molecule has 4 fully saturated rings. The molecule has 3 nitrogen and oxygen atoms in total. The molecule has 0 aromatic carbocycles. The van der Waals surface area contributed by atoms with Crippen molar-refractivity contribution in [2.24, 2.45) is 56.7 Å². The molecule has 1 N–H and O–H groups in total. The standard InChI is InChI=1S/C30H46O3/c1-18-10-15-30(25(32)33)17-16-28(6)20(24(30)19(18)2)8-9-22-27(5)13-12-23(31)26(3,4)21(27)11-14-29(22,28)7/h8,18-19,21-22,24H,9-17H2,1-7H3,(H,32,33)/t18-,19+,21?,22+,24+,27+,28-,29-,30?/m1/s1. The monoisotopic (exact) mass is 454 g/mol. The zero-order chi connectivity index (χ0) is 24.2. The van der Waals surface area contributed by atoms with Gasteiger partial charge in [-0.1, -0.05) is 60.1 Å². The van der Waals surface area contributed by atoms with Crippen molar-refractivity contribution in [1.82, 2.24) is 0 Å². The molecule has 0 amide bonds. The third-order valence-electron chi connectivity index (χ3n) is 13.2. The summed E-state index contributed by atoms with van der Waals surface area (Å²) in [7, 11) is 0. The van der Waals surface area contributed by atoms with Gasteiger partial charge in [0, 0.05) is 11.8 Å². The van der Waals surface area contributed by atoms with Crippen LogP contribution >= 0.6 is 0 Å². The van der Waals surface area contributed by atoms with Crippen LogP contribution in [0.2, 0.25) is 0 Å². The Balaban J connectivity index is 1.62. The molecule has 0 aromatic rings. The Morgan fingerprint density at radius 1 is 0.939 bits per heavy atom. The summed E-state index contributed by atoms with van der Waals surface area (Å²) < 4.78 is 0. The van der Waals surface area contributed by atoms with Crippen LogP contribution in [0, 0.1) is 56.7 Å². The molecule has 5 rings (SSSR count). The molecule has 5 aliphatic rings. The Morgan fingerprint density at radius 2 is 1.64 bits per heavy atom. The Bertz CT molecular complexity index is 916. The predicted molar refractivity (Wildman–Crippen MR) is 132 cm³/mol. The van der Waals surface area contributed by atoms with E-state index in [2.05, 4.69) is 54.5 Å². The zero-order valence-corrected chi connectivity index (χ0v) is 22.1. The first-order valence-corrected chi connectivity index (χ1v) is 13.7. The Kier molecular flexibility index (Phi) is 4.99. The minimum atomic E-state index is -0.569. The van der Waals surface area contributed by atoms with Crippen molar-refractivity contribution in [2.75, 3.05) is 0 Å². The summed E-state index contributed by atoms with van der Waals surface area (Å²) in [5.41, 5.74) is 1.12. The molecule has 0 bridgehead atoms. The summed E-state index contributed by atoms with van der Waals surface area (Å²) in [5, 5.41) is 10.5. The number of carboxylic acid groups (broad SMARTS) is 1. The zero-order valence-electron chi connectivity index (χ0n) is 22.1. The van der Waals surface area contributed by atoms with Gasteiger partial charge in [-0.3, -0.25) is 9.59 Å². The average molecular weight is 455 g/mol. The van der Waals surface area contributed by atoms with Crippen LogP contribution in [0.5, 0.6) is 0 Å². The molecule has 2 unspecified atom stereocenters. The maximum absolute atomic E-state index is 12.9. The molecule has 3 heteroatoms. The summed E-state index contributed by atoms with van der Waals surface area (Å²) in [4.78, 5) is 25.7. The second kappa shape index (κ2) is 6.97. The highest BCUT2D eigenvalue weighted by atomic mass is 16.4. The first-order valence-electron chi connectivity index (χ1n) is 13.7. The number of allylic oxidation sites excluding steroid dienone is 2. The molecule has 9 atom stereocenters. The molecule has 0 aliphatic heterocycles. The quantitative estimate of drug-likeness (QED) is 0.423. The third-order valence-corrected chi connectivity index (χ3v) is 13.2. The minimum absolute atomic E-state index is 0.0600. The van der Waals surface area contributed by atoms with Crippen molar-refractivity contribution in [3.63, 3.8) is 0 Å². The van der Waals surface area contributed by atoms with E-state index in [0.29, 0.717) is 29.5 Å². The van der Waals surface area contributed by atoms with E-state index >= 15 is 0 Å². The summed E-state index contributed by atoms with van der Waals surface area (Å²) in [6.07, 6.45) is 11.3. The van der Waals surface area contributed by atoms with Crippen molar-refractivity contribution < 1.29 is 14.7 Å². The lowest BCUT2D eigenvalue weighted by Gasteiger charge is -2.70. The second-order valence-electron chi connectivity index (χ2n) is 14.3. The summed E-state index contributed by atoms with van der Waals surface area (Å²) in [6.45, 7) is 16.7. The van der Waals surface area contributed by atoms with E-state index < -0.39 is 11.4 Å². The predicted octanol–water partition coefficient (Wildman–Crippen LogP) is 7.30. The molecular formula is C30H46O3.